The van der Waals surface area contributed by atoms with E-state index in [9.17, 15) is 9.59 Å². The largest absolute Gasteiger partial charge is 0.294 e. The Kier molecular flexibility index (Phi) is 5.20. The summed E-state index contributed by atoms with van der Waals surface area (Å²) in [7, 11) is 0. The van der Waals surface area contributed by atoms with Gasteiger partial charge in [-0.15, -0.1) is 0 Å². The molecule has 1 amide bonds. The summed E-state index contributed by atoms with van der Waals surface area (Å²) >= 11 is 0. The van der Waals surface area contributed by atoms with Gasteiger partial charge in [0.1, 0.15) is 0 Å². The number of nitrogens with zero attached hydrogens (tertiary/aromatic N) is 3. The summed E-state index contributed by atoms with van der Waals surface area (Å²) in [6.45, 7) is 2.02. The zero-order valence-electron chi connectivity index (χ0n) is 16.0. The first-order chi connectivity index (χ1) is 14.2. The predicted octanol–water partition coefficient (Wildman–Crippen LogP) is 3.14. The summed E-state index contributed by atoms with van der Waals surface area (Å²) in [6.07, 6.45) is 1.58. The highest BCUT2D eigenvalue weighted by atomic mass is 16.2. The van der Waals surface area contributed by atoms with Gasteiger partial charge in [0.25, 0.3) is 11.3 Å². The van der Waals surface area contributed by atoms with E-state index in [0.29, 0.717) is 12.1 Å². The molecular formula is C22H21N5O2. The average molecular weight is 387 g/mol. The van der Waals surface area contributed by atoms with Crippen LogP contribution in [0.5, 0.6) is 0 Å². The first-order valence-electron chi connectivity index (χ1n) is 9.55. The second-order valence-electron chi connectivity index (χ2n) is 6.79. The molecule has 0 saturated heterocycles. The highest BCUT2D eigenvalue weighted by Crippen LogP contribution is 2.25. The zero-order chi connectivity index (χ0) is 20.2. The topological polar surface area (TPSA) is 92.2 Å². The fraction of sp³-hybridized carbons (Fsp3) is 0.182. The maximum Gasteiger partial charge on any atom is 0.274 e. The monoisotopic (exact) mass is 387 g/mol. The van der Waals surface area contributed by atoms with Gasteiger partial charge >= 0.3 is 0 Å². The van der Waals surface area contributed by atoms with Crippen LogP contribution in [0, 0.1) is 0 Å². The van der Waals surface area contributed by atoms with E-state index in [1.807, 2.05) is 67.6 Å². The van der Waals surface area contributed by atoms with Crippen molar-refractivity contribution in [2.75, 3.05) is 5.32 Å². The minimum atomic E-state index is -0.508. The third-order valence-corrected chi connectivity index (χ3v) is 4.66. The van der Waals surface area contributed by atoms with Crippen LogP contribution < -0.4 is 10.9 Å². The fourth-order valence-electron chi connectivity index (χ4n) is 3.34. The Labute approximate surface area is 167 Å². The van der Waals surface area contributed by atoms with Crippen molar-refractivity contribution in [2.24, 2.45) is 0 Å². The Morgan fingerprint density at radius 1 is 1.03 bits per heavy atom. The molecule has 0 aliphatic carbocycles. The van der Waals surface area contributed by atoms with Crippen LogP contribution in [0.4, 0.5) is 5.95 Å². The van der Waals surface area contributed by atoms with Gasteiger partial charge in [-0.25, -0.2) is 4.98 Å². The SMILES string of the molecule is CCCc1cc(=O)n2[nH]c(NC(=O)C(c3ccccc3)c3ccccc3)nc2n1. The molecule has 146 valence electrons. The summed E-state index contributed by atoms with van der Waals surface area (Å²) in [6, 6.07) is 20.6. The van der Waals surface area contributed by atoms with Gasteiger partial charge in [0, 0.05) is 6.07 Å². The van der Waals surface area contributed by atoms with Gasteiger partial charge in [0.2, 0.25) is 11.9 Å². The number of aromatic amines is 1. The predicted molar refractivity (Wildman–Crippen MR) is 111 cm³/mol. The molecule has 7 heteroatoms. The van der Waals surface area contributed by atoms with Crippen LogP contribution in [0.2, 0.25) is 0 Å². The molecule has 2 aromatic carbocycles. The van der Waals surface area contributed by atoms with Crippen molar-refractivity contribution < 1.29 is 4.79 Å². The third-order valence-electron chi connectivity index (χ3n) is 4.66. The molecule has 4 rings (SSSR count). The number of aromatic nitrogens is 4. The Morgan fingerprint density at radius 2 is 1.66 bits per heavy atom. The lowest BCUT2D eigenvalue weighted by molar-refractivity contribution is -0.116. The van der Waals surface area contributed by atoms with E-state index in [2.05, 4.69) is 20.4 Å². The van der Waals surface area contributed by atoms with Gasteiger partial charge in [0.15, 0.2) is 0 Å². The molecule has 2 N–H and O–H groups in total. The molecular weight excluding hydrogens is 366 g/mol. The quantitative estimate of drug-likeness (QED) is 0.532. The molecule has 0 spiro atoms. The Balaban J connectivity index is 1.67. The molecule has 7 nitrogen and oxygen atoms in total. The number of hydrogen-bond acceptors (Lipinski definition) is 4. The number of anilines is 1. The summed E-state index contributed by atoms with van der Waals surface area (Å²) in [5.74, 6) is -0.327. The van der Waals surface area contributed by atoms with E-state index >= 15 is 0 Å². The summed E-state index contributed by atoms with van der Waals surface area (Å²) in [5, 5.41) is 5.62. The van der Waals surface area contributed by atoms with E-state index in [1.54, 1.807) is 0 Å². The van der Waals surface area contributed by atoms with Crippen LogP contribution in [-0.4, -0.2) is 25.5 Å². The first-order valence-corrected chi connectivity index (χ1v) is 9.55. The molecule has 4 aromatic rings. The van der Waals surface area contributed by atoms with Crippen LogP contribution in [0.1, 0.15) is 36.1 Å². The number of carbonyl (C=O) groups excluding carboxylic acids is 1. The molecule has 0 aliphatic heterocycles. The van der Waals surface area contributed by atoms with Crippen molar-refractivity contribution in [3.8, 4) is 0 Å². The van der Waals surface area contributed by atoms with Crippen LogP contribution in [-0.2, 0) is 11.2 Å². The van der Waals surface area contributed by atoms with Crippen molar-refractivity contribution in [2.45, 2.75) is 25.7 Å². The second-order valence-corrected chi connectivity index (χ2v) is 6.79. The van der Waals surface area contributed by atoms with E-state index in [1.165, 1.54) is 10.6 Å². The molecule has 0 saturated carbocycles. The van der Waals surface area contributed by atoms with Gasteiger partial charge in [-0.3, -0.25) is 20.0 Å². The third kappa shape index (κ3) is 3.94. The molecule has 2 heterocycles. The summed E-state index contributed by atoms with van der Waals surface area (Å²) in [5.41, 5.74) is 2.17. The van der Waals surface area contributed by atoms with Gasteiger partial charge < -0.3 is 0 Å². The van der Waals surface area contributed by atoms with Gasteiger partial charge in [-0.05, 0) is 17.5 Å². The molecule has 0 bridgehead atoms. The Hall–Kier alpha value is -3.74. The number of carbonyl (C=O) groups is 1. The Morgan fingerprint density at radius 3 is 2.24 bits per heavy atom. The van der Waals surface area contributed by atoms with E-state index in [-0.39, 0.29) is 23.2 Å². The lowest BCUT2D eigenvalue weighted by atomic mass is 9.90. The van der Waals surface area contributed by atoms with E-state index in [4.69, 9.17) is 0 Å². The maximum absolute atomic E-state index is 13.2. The van der Waals surface area contributed by atoms with Crippen molar-refractivity contribution in [1.29, 1.82) is 0 Å². The number of H-pyrrole nitrogens is 1. The number of rotatable bonds is 6. The summed E-state index contributed by atoms with van der Waals surface area (Å²) < 4.78 is 1.23. The number of aryl methyl sites for hydroxylation is 1. The molecule has 0 aliphatic rings. The van der Waals surface area contributed by atoms with Crippen LogP contribution in [0.3, 0.4) is 0 Å². The molecule has 0 radical (unpaired) electrons. The van der Waals surface area contributed by atoms with Crippen LogP contribution in [0.25, 0.3) is 5.78 Å². The number of hydrogen-bond donors (Lipinski definition) is 2. The number of nitrogens with one attached hydrogen (secondary N) is 2. The van der Waals surface area contributed by atoms with Crippen molar-refractivity contribution in [3.63, 3.8) is 0 Å². The van der Waals surface area contributed by atoms with Crippen molar-refractivity contribution in [1.82, 2.24) is 19.6 Å². The highest BCUT2D eigenvalue weighted by molar-refractivity contribution is 5.97. The van der Waals surface area contributed by atoms with E-state index in [0.717, 1.165) is 17.5 Å². The molecule has 0 fully saturated rings. The fourth-order valence-corrected chi connectivity index (χ4v) is 3.34. The van der Waals surface area contributed by atoms with Crippen LogP contribution >= 0.6 is 0 Å². The average Bonchev–Trinajstić information content (AvgIpc) is 3.13. The molecule has 2 aromatic heterocycles. The molecule has 0 unspecified atom stereocenters. The van der Waals surface area contributed by atoms with Gasteiger partial charge in [-0.2, -0.15) is 9.50 Å². The first kappa shape index (κ1) is 18.6. The van der Waals surface area contributed by atoms with Gasteiger partial charge in [0.05, 0.1) is 11.6 Å². The smallest absolute Gasteiger partial charge is 0.274 e. The summed E-state index contributed by atoms with van der Waals surface area (Å²) in [4.78, 5) is 34.1. The van der Waals surface area contributed by atoms with E-state index < -0.39 is 5.92 Å². The number of benzene rings is 2. The lowest BCUT2D eigenvalue weighted by Gasteiger charge is -2.16. The number of fused-ring (bicyclic) bond motifs is 1. The Bertz CT molecular complexity index is 1140. The highest BCUT2D eigenvalue weighted by Gasteiger charge is 2.23. The maximum atomic E-state index is 13.2. The minimum Gasteiger partial charge on any atom is -0.294 e. The standard InChI is InChI=1S/C22H21N5O2/c1-2-9-17-14-18(28)27-22(23-17)25-21(26-27)24-20(29)19(15-10-5-3-6-11-15)16-12-7-4-8-13-16/h3-8,10-14,19H,2,9H2,1H3,(H2,23,24,25,26,29). The molecule has 0 atom stereocenters. The minimum absolute atomic E-state index is 0.185. The lowest BCUT2D eigenvalue weighted by Crippen LogP contribution is -2.23. The number of amides is 1. The van der Waals surface area contributed by atoms with Crippen molar-refractivity contribution >= 4 is 17.6 Å². The van der Waals surface area contributed by atoms with Crippen LogP contribution in [0.15, 0.2) is 71.5 Å². The zero-order valence-corrected chi connectivity index (χ0v) is 16.0. The van der Waals surface area contributed by atoms with Crippen molar-refractivity contribution in [3.05, 3.63) is 93.9 Å². The second kappa shape index (κ2) is 8.10. The normalized spacial score (nSPS) is 11.1. The molecule has 29 heavy (non-hydrogen) atoms. The van der Waals surface area contributed by atoms with Gasteiger partial charge in [-0.1, -0.05) is 74.0 Å².